The summed E-state index contributed by atoms with van der Waals surface area (Å²) in [5.41, 5.74) is 3.58. The fourth-order valence-electron chi connectivity index (χ4n) is 5.21. The van der Waals surface area contributed by atoms with Crippen LogP contribution in [0, 0.1) is 5.82 Å². The van der Waals surface area contributed by atoms with Gasteiger partial charge in [0, 0.05) is 24.1 Å². The molecule has 1 saturated heterocycles. The van der Waals surface area contributed by atoms with Gasteiger partial charge in [-0.1, -0.05) is 42.5 Å². The third-order valence-corrected chi connectivity index (χ3v) is 7.02. The monoisotopic (exact) mass is 417 g/mol. The molecule has 1 N–H and O–H groups in total. The number of halogens is 1. The van der Waals surface area contributed by atoms with E-state index in [0.717, 1.165) is 62.2 Å². The number of benzene rings is 3. The van der Waals surface area contributed by atoms with E-state index in [2.05, 4.69) is 35.2 Å². The molecule has 1 fully saturated rings. The van der Waals surface area contributed by atoms with Crippen molar-refractivity contribution >= 4 is 0 Å². The van der Waals surface area contributed by atoms with Gasteiger partial charge in [-0.05, 0) is 73.7 Å². The zero-order chi connectivity index (χ0) is 21.3. The number of nitrogens with zero attached hydrogens (tertiary/aromatic N) is 1. The molecule has 4 heteroatoms. The first-order chi connectivity index (χ1) is 15.1. The zero-order valence-corrected chi connectivity index (χ0v) is 17.6. The highest BCUT2D eigenvalue weighted by molar-refractivity contribution is 5.49. The van der Waals surface area contributed by atoms with Crippen LogP contribution in [0.3, 0.4) is 0 Å². The molecular weight excluding hydrogens is 389 g/mol. The molecule has 0 radical (unpaired) electrons. The minimum Gasteiger partial charge on any atom is -0.508 e. The van der Waals surface area contributed by atoms with Crippen molar-refractivity contribution in [3.05, 3.63) is 95.3 Å². The number of fused-ring (bicyclic) bond motifs is 3. The van der Waals surface area contributed by atoms with Crippen molar-refractivity contribution < 1.29 is 14.2 Å². The molecule has 2 aliphatic rings. The molecule has 0 unspecified atom stereocenters. The number of ether oxygens (including phenoxy) is 1. The normalized spacial score (nSPS) is 22.5. The Morgan fingerprint density at radius 3 is 2.55 bits per heavy atom. The highest BCUT2D eigenvalue weighted by atomic mass is 19.1. The van der Waals surface area contributed by atoms with Crippen molar-refractivity contribution in [3.8, 4) is 11.5 Å². The van der Waals surface area contributed by atoms with Crippen LogP contribution in [0.2, 0.25) is 0 Å². The maximum Gasteiger partial charge on any atom is 0.124 e. The summed E-state index contributed by atoms with van der Waals surface area (Å²) in [7, 11) is 0. The lowest BCUT2D eigenvalue weighted by atomic mass is 9.68. The van der Waals surface area contributed by atoms with Crippen molar-refractivity contribution in [3.63, 3.8) is 0 Å². The minimum atomic E-state index is -0.190. The Morgan fingerprint density at radius 2 is 1.74 bits per heavy atom. The molecule has 2 aliphatic heterocycles. The van der Waals surface area contributed by atoms with Crippen LogP contribution in [0.15, 0.2) is 72.8 Å². The number of rotatable bonds is 6. The fraction of sp³-hybridized carbons (Fsp3) is 0.333. The van der Waals surface area contributed by atoms with Crippen LogP contribution >= 0.6 is 0 Å². The third-order valence-electron chi connectivity index (χ3n) is 7.02. The van der Waals surface area contributed by atoms with Gasteiger partial charge >= 0.3 is 0 Å². The lowest BCUT2D eigenvalue weighted by Gasteiger charge is -2.43. The Labute approximate surface area is 183 Å². The molecule has 2 heterocycles. The van der Waals surface area contributed by atoms with Crippen molar-refractivity contribution in [1.29, 1.82) is 0 Å². The average Bonchev–Trinajstić information content (AvgIpc) is 3.11. The fourth-order valence-corrected chi connectivity index (χ4v) is 5.21. The summed E-state index contributed by atoms with van der Waals surface area (Å²) in [5, 5.41) is 10.2. The van der Waals surface area contributed by atoms with Crippen molar-refractivity contribution in [1.82, 2.24) is 4.90 Å². The van der Waals surface area contributed by atoms with E-state index in [1.165, 1.54) is 17.7 Å². The van der Waals surface area contributed by atoms with Gasteiger partial charge in [0.25, 0.3) is 0 Å². The van der Waals surface area contributed by atoms with Crippen LogP contribution in [-0.4, -0.2) is 35.7 Å². The molecule has 0 aliphatic carbocycles. The number of aryl methyl sites for hydroxylation is 1. The quantitative estimate of drug-likeness (QED) is 0.605. The summed E-state index contributed by atoms with van der Waals surface area (Å²) in [4.78, 5) is 2.46. The second kappa shape index (κ2) is 8.35. The third kappa shape index (κ3) is 4.05. The van der Waals surface area contributed by atoms with Crippen LogP contribution in [0.4, 0.5) is 4.39 Å². The number of hydrogen-bond acceptors (Lipinski definition) is 3. The molecular formula is C27H28FNO2. The molecule has 0 saturated carbocycles. The van der Waals surface area contributed by atoms with Gasteiger partial charge < -0.3 is 9.84 Å². The van der Waals surface area contributed by atoms with Crippen molar-refractivity contribution in [2.24, 2.45) is 0 Å². The van der Waals surface area contributed by atoms with E-state index in [9.17, 15) is 9.50 Å². The summed E-state index contributed by atoms with van der Waals surface area (Å²) in [6.07, 6.45) is 3.98. The van der Waals surface area contributed by atoms with Gasteiger partial charge in [0.1, 0.15) is 23.4 Å². The number of phenols is 1. The Hall–Kier alpha value is -2.85. The largest absolute Gasteiger partial charge is 0.508 e. The number of phenolic OH excluding ortho intramolecular Hbond substituents is 1. The van der Waals surface area contributed by atoms with Crippen LogP contribution in [0.25, 0.3) is 0 Å². The van der Waals surface area contributed by atoms with E-state index in [0.29, 0.717) is 5.75 Å². The van der Waals surface area contributed by atoms with E-state index in [1.54, 1.807) is 6.07 Å². The molecule has 3 aromatic rings. The summed E-state index contributed by atoms with van der Waals surface area (Å²) in [6.45, 7) is 2.79. The summed E-state index contributed by atoms with van der Waals surface area (Å²) >= 11 is 0. The number of hydrogen-bond donors (Lipinski definition) is 1. The lowest BCUT2D eigenvalue weighted by Crippen LogP contribution is -2.53. The summed E-state index contributed by atoms with van der Waals surface area (Å²) < 4.78 is 19.6. The van der Waals surface area contributed by atoms with Crippen molar-refractivity contribution in [2.45, 2.75) is 37.2 Å². The average molecular weight is 418 g/mol. The molecule has 31 heavy (non-hydrogen) atoms. The summed E-state index contributed by atoms with van der Waals surface area (Å²) in [5.74, 6) is 1.03. The first kappa shape index (κ1) is 20.1. The minimum absolute atomic E-state index is 0.0731. The zero-order valence-electron chi connectivity index (χ0n) is 17.6. The Balaban J connectivity index is 1.33. The number of likely N-dealkylation sites (tertiary alicyclic amines) is 1. The van der Waals surface area contributed by atoms with Crippen molar-refractivity contribution in [2.75, 3.05) is 19.6 Å². The first-order valence-electron chi connectivity index (χ1n) is 11.1. The molecule has 0 amide bonds. The van der Waals surface area contributed by atoms with Crippen LogP contribution in [0.5, 0.6) is 11.5 Å². The molecule has 3 aromatic carbocycles. The Kier molecular flexibility index (Phi) is 5.41. The second-order valence-corrected chi connectivity index (χ2v) is 8.86. The topological polar surface area (TPSA) is 32.7 Å². The molecule has 0 spiro atoms. The Morgan fingerprint density at radius 1 is 0.968 bits per heavy atom. The van der Waals surface area contributed by atoms with E-state index < -0.39 is 0 Å². The van der Waals surface area contributed by atoms with Gasteiger partial charge in [-0.15, -0.1) is 0 Å². The van der Waals surface area contributed by atoms with Crippen LogP contribution in [-0.2, 0) is 18.3 Å². The van der Waals surface area contributed by atoms with Gasteiger partial charge in [-0.2, -0.15) is 0 Å². The SMILES string of the molecule is Oc1ccc2c(c1)[C@]1(CCc3ccccc3)CCN(CCc3ccc(F)cc3)C[C@@H]1O2. The molecule has 5 rings (SSSR count). The molecule has 0 aromatic heterocycles. The van der Waals surface area contributed by atoms with Gasteiger partial charge in [-0.3, -0.25) is 4.90 Å². The number of aromatic hydroxyl groups is 1. The number of piperidine rings is 1. The smallest absolute Gasteiger partial charge is 0.124 e. The van der Waals surface area contributed by atoms with Crippen LogP contribution < -0.4 is 4.74 Å². The van der Waals surface area contributed by atoms with E-state index >= 15 is 0 Å². The highest BCUT2D eigenvalue weighted by Gasteiger charge is 2.51. The predicted molar refractivity (Wildman–Crippen MR) is 120 cm³/mol. The maximum atomic E-state index is 13.2. The highest BCUT2D eigenvalue weighted by Crippen LogP contribution is 2.51. The lowest BCUT2D eigenvalue weighted by molar-refractivity contribution is 0.0388. The van der Waals surface area contributed by atoms with Crippen LogP contribution in [0.1, 0.15) is 29.5 Å². The van der Waals surface area contributed by atoms with E-state index in [1.807, 2.05) is 24.3 Å². The molecule has 2 atom stereocenters. The van der Waals surface area contributed by atoms with Gasteiger partial charge in [-0.25, -0.2) is 4.39 Å². The first-order valence-corrected chi connectivity index (χ1v) is 11.1. The standard InChI is InChI=1S/C27H28FNO2/c28-22-8-6-21(7-9-22)13-16-29-17-15-27(14-12-20-4-2-1-3-5-20)24-18-23(30)10-11-25(24)31-26(27)19-29/h1-11,18,26,30H,12-17,19H2/t26-,27-/m0/s1. The van der Waals surface area contributed by atoms with E-state index in [4.69, 9.17) is 4.74 Å². The maximum absolute atomic E-state index is 13.2. The van der Waals surface area contributed by atoms with Gasteiger partial charge in [0.15, 0.2) is 0 Å². The summed E-state index contributed by atoms with van der Waals surface area (Å²) in [6, 6.07) is 22.9. The molecule has 0 bridgehead atoms. The Bertz CT molecular complexity index is 1040. The molecule has 3 nitrogen and oxygen atoms in total. The van der Waals surface area contributed by atoms with Gasteiger partial charge in [0.05, 0.1) is 0 Å². The second-order valence-electron chi connectivity index (χ2n) is 8.86. The van der Waals surface area contributed by atoms with E-state index in [-0.39, 0.29) is 17.3 Å². The van der Waals surface area contributed by atoms with Gasteiger partial charge in [0.2, 0.25) is 0 Å². The predicted octanol–water partition coefficient (Wildman–Crippen LogP) is 5.11. The molecule has 160 valence electrons.